The summed E-state index contributed by atoms with van der Waals surface area (Å²) >= 11 is 0. The average Bonchev–Trinajstić information content (AvgIpc) is 2.53. The summed E-state index contributed by atoms with van der Waals surface area (Å²) in [7, 11) is 1.99. The minimum Gasteiger partial charge on any atom is -0.206 e. The van der Waals surface area contributed by atoms with Crippen LogP contribution in [0.15, 0.2) is 36.5 Å². The number of rotatable bonds is 2. The maximum Gasteiger partial charge on any atom is 0.223 e. The fraction of sp³-hybridized carbons (Fsp3) is 0.375. The fourth-order valence-electron chi connectivity index (χ4n) is 3.79. The van der Waals surface area contributed by atoms with Crippen molar-refractivity contribution in [3.8, 4) is 11.3 Å². The van der Waals surface area contributed by atoms with Crippen molar-refractivity contribution in [2.75, 3.05) is 0 Å². The molecule has 2 heteroatoms. The molecule has 0 N–H and O–H groups in total. The van der Waals surface area contributed by atoms with E-state index >= 15 is 4.39 Å². The summed E-state index contributed by atoms with van der Waals surface area (Å²) in [5.74, 6) is -0.116. The molecule has 26 heavy (non-hydrogen) atoms. The van der Waals surface area contributed by atoms with Gasteiger partial charge in [0.05, 0.1) is 10.9 Å². The van der Waals surface area contributed by atoms with Crippen LogP contribution >= 0.6 is 0 Å². The minimum atomic E-state index is -0.116. The van der Waals surface area contributed by atoms with Gasteiger partial charge in [-0.05, 0) is 66.3 Å². The second kappa shape index (κ2) is 6.50. The molecule has 0 unspecified atom stereocenters. The Labute approximate surface area is 156 Å². The number of benzene rings is 2. The molecular weight excluding hydrogens is 321 g/mol. The van der Waals surface area contributed by atoms with Crippen molar-refractivity contribution in [3.63, 3.8) is 0 Å². The number of nitrogens with zero attached hydrogens (tertiary/aromatic N) is 1. The fourth-order valence-corrected chi connectivity index (χ4v) is 3.79. The van der Waals surface area contributed by atoms with Gasteiger partial charge in [0.2, 0.25) is 5.69 Å². The van der Waals surface area contributed by atoms with E-state index in [2.05, 4.69) is 52.0 Å². The van der Waals surface area contributed by atoms with Crippen LogP contribution in [0.5, 0.6) is 0 Å². The van der Waals surface area contributed by atoms with Gasteiger partial charge in [-0.2, -0.15) is 0 Å². The molecule has 2 aromatic carbocycles. The Balaban J connectivity index is 2.30. The highest BCUT2D eigenvalue weighted by molar-refractivity contribution is 5.94. The third kappa shape index (κ3) is 3.38. The molecule has 136 valence electrons. The molecule has 0 saturated carbocycles. The van der Waals surface area contributed by atoms with Gasteiger partial charge in [-0.1, -0.05) is 39.0 Å². The monoisotopic (exact) mass is 350 g/mol. The number of fused-ring (bicyclic) bond motifs is 1. The van der Waals surface area contributed by atoms with E-state index in [0.29, 0.717) is 5.56 Å². The van der Waals surface area contributed by atoms with Crippen LogP contribution in [0, 0.1) is 32.0 Å². The first-order valence-corrected chi connectivity index (χ1v) is 9.26. The van der Waals surface area contributed by atoms with Gasteiger partial charge in [-0.15, -0.1) is 0 Å². The summed E-state index contributed by atoms with van der Waals surface area (Å²) in [6.45, 7) is 12.7. The van der Waals surface area contributed by atoms with Gasteiger partial charge in [0, 0.05) is 6.07 Å². The van der Waals surface area contributed by atoms with Crippen LogP contribution in [0.4, 0.5) is 4.39 Å². The Kier molecular flexibility index (Phi) is 4.64. The number of aromatic nitrogens is 1. The van der Waals surface area contributed by atoms with E-state index in [1.54, 1.807) is 0 Å². The quantitative estimate of drug-likeness (QED) is 0.500. The van der Waals surface area contributed by atoms with Crippen LogP contribution < -0.4 is 4.57 Å². The molecule has 0 saturated heterocycles. The molecule has 0 atom stereocenters. The first-order valence-electron chi connectivity index (χ1n) is 9.26. The minimum absolute atomic E-state index is 0.116. The second-order valence-electron chi connectivity index (χ2n) is 8.76. The van der Waals surface area contributed by atoms with Gasteiger partial charge >= 0.3 is 0 Å². The van der Waals surface area contributed by atoms with Crippen molar-refractivity contribution < 1.29 is 8.96 Å². The topological polar surface area (TPSA) is 3.88 Å². The zero-order valence-corrected chi connectivity index (χ0v) is 17.0. The van der Waals surface area contributed by atoms with Crippen molar-refractivity contribution in [1.29, 1.82) is 0 Å². The maximum absolute atomic E-state index is 15.1. The van der Waals surface area contributed by atoms with Gasteiger partial charge in [0.15, 0.2) is 6.20 Å². The Morgan fingerprint density at radius 2 is 1.65 bits per heavy atom. The molecule has 0 spiro atoms. The number of hydrogen-bond acceptors (Lipinski definition) is 0. The Morgan fingerprint density at radius 3 is 2.31 bits per heavy atom. The van der Waals surface area contributed by atoms with E-state index in [4.69, 9.17) is 0 Å². The summed E-state index contributed by atoms with van der Waals surface area (Å²) in [4.78, 5) is 0. The van der Waals surface area contributed by atoms with E-state index in [9.17, 15) is 0 Å². The van der Waals surface area contributed by atoms with Crippen LogP contribution in [-0.4, -0.2) is 0 Å². The molecule has 0 amide bonds. The largest absolute Gasteiger partial charge is 0.223 e. The predicted octanol–water partition coefficient (Wildman–Crippen LogP) is 5.98. The number of pyridine rings is 1. The smallest absolute Gasteiger partial charge is 0.206 e. The van der Waals surface area contributed by atoms with Gasteiger partial charge in [0.25, 0.3) is 0 Å². The summed E-state index contributed by atoms with van der Waals surface area (Å²) in [5, 5.41) is 2.26. The van der Waals surface area contributed by atoms with Gasteiger partial charge in [-0.3, -0.25) is 0 Å². The molecule has 3 aromatic rings. The molecule has 0 fully saturated rings. The highest BCUT2D eigenvalue weighted by Gasteiger charge is 2.23. The molecule has 0 aliphatic carbocycles. The zero-order chi connectivity index (χ0) is 19.2. The van der Waals surface area contributed by atoms with Gasteiger partial charge in [0.1, 0.15) is 12.9 Å². The van der Waals surface area contributed by atoms with Crippen LogP contribution in [0.3, 0.4) is 0 Å². The van der Waals surface area contributed by atoms with Crippen LogP contribution in [0.25, 0.3) is 22.0 Å². The van der Waals surface area contributed by atoms with E-state index in [1.807, 2.05) is 37.7 Å². The third-order valence-electron chi connectivity index (χ3n) is 5.14. The van der Waals surface area contributed by atoms with Gasteiger partial charge < -0.3 is 0 Å². The second-order valence-corrected chi connectivity index (χ2v) is 8.76. The number of hydrogen-bond donors (Lipinski definition) is 0. The van der Waals surface area contributed by atoms with E-state index in [-0.39, 0.29) is 11.2 Å². The molecular formula is C24H29FN+. The molecule has 1 heterocycles. The molecule has 1 aromatic heterocycles. The van der Waals surface area contributed by atoms with Crippen molar-refractivity contribution >= 4 is 10.8 Å². The van der Waals surface area contributed by atoms with Crippen molar-refractivity contribution in [2.24, 2.45) is 12.5 Å². The standard InChI is InChI=1S/C24H29FN/c1-15-12-16(2)22(25)21(17(15)3)23-20-9-8-18(14-24(4,5)6)13-19(20)10-11-26(23)7/h8-13H,14H2,1-7H3/q+1. The first-order chi connectivity index (χ1) is 12.1. The van der Waals surface area contributed by atoms with E-state index in [0.717, 1.165) is 39.6 Å². The molecule has 0 radical (unpaired) electrons. The SMILES string of the molecule is Cc1cc(C)c(F)c(-c2c3ccc(CC(C)(C)C)cc3cc[n+]2C)c1C. The number of halogens is 1. The van der Waals surface area contributed by atoms with Crippen molar-refractivity contribution in [2.45, 2.75) is 48.0 Å². The third-order valence-corrected chi connectivity index (χ3v) is 5.14. The lowest BCUT2D eigenvalue weighted by atomic mass is 9.87. The predicted molar refractivity (Wildman–Crippen MR) is 108 cm³/mol. The molecule has 1 nitrogen and oxygen atoms in total. The molecule has 0 aliphatic heterocycles. The summed E-state index contributed by atoms with van der Waals surface area (Å²) in [5.41, 5.74) is 6.07. The van der Waals surface area contributed by atoms with E-state index in [1.165, 1.54) is 5.56 Å². The lowest BCUT2D eigenvalue weighted by molar-refractivity contribution is -0.659. The van der Waals surface area contributed by atoms with Crippen molar-refractivity contribution in [1.82, 2.24) is 0 Å². The molecule has 3 rings (SSSR count). The number of aryl methyl sites for hydroxylation is 3. The molecule has 0 bridgehead atoms. The summed E-state index contributed by atoms with van der Waals surface area (Å²) < 4.78 is 17.2. The summed E-state index contributed by atoms with van der Waals surface area (Å²) in [6, 6.07) is 10.6. The Hall–Kier alpha value is -2.22. The lowest BCUT2D eigenvalue weighted by Crippen LogP contribution is -2.31. The lowest BCUT2D eigenvalue weighted by Gasteiger charge is -2.18. The van der Waals surface area contributed by atoms with Crippen LogP contribution in [0.1, 0.15) is 43.0 Å². The van der Waals surface area contributed by atoms with Crippen molar-refractivity contribution in [3.05, 3.63) is 64.6 Å². The normalized spacial score (nSPS) is 12.0. The van der Waals surface area contributed by atoms with Crippen LogP contribution in [-0.2, 0) is 13.5 Å². The zero-order valence-electron chi connectivity index (χ0n) is 17.0. The Bertz CT molecular complexity index is 967. The van der Waals surface area contributed by atoms with E-state index < -0.39 is 0 Å². The average molecular weight is 351 g/mol. The van der Waals surface area contributed by atoms with Crippen LogP contribution in [0.2, 0.25) is 0 Å². The highest BCUT2D eigenvalue weighted by Crippen LogP contribution is 2.34. The maximum atomic E-state index is 15.1. The van der Waals surface area contributed by atoms with Gasteiger partial charge in [-0.25, -0.2) is 8.96 Å². The Morgan fingerprint density at radius 1 is 0.962 bits per heavy atom. The molecule has 0 aliphatic rings. The first kappa shape index (κ1) is 18.6. The highest BCUT2D eigenvalue weighted by atomic mass is 19.1. The summed E-state index contributed by atoms with van der Waals surface area (Å²) in [6.07, 6.45) is 3.06.